The van der Waals surface area contributed by atoms with Gasteiger partial charge in [-0.15, -0.1) is 0 Å². The van der Waals surface area contributed by atoms with Crippen molar-refractivity contribution in [2.75, 3.05) is 4.90 Å². The molecule has 0 aliphatic carbocycles. The van der Waals surface area contributed by atoms with Gasteiger partial charge >= 0.3 is 0 Å². The second-order valence-corrected chi connectivity index (χ2v) is 14.5. The predicted octanol–water partition coefficient (Wildman–Crippen LogP) is 15.5. The van der Waals surface area contributed by atoms with Crippen molar-refractivity contribution < 1.29 is 4.42 Å². The first-order chi connectivity index (χ1) is 27.7. The van der Waals surface area contributed by atoms with Gasteiger partial charge in [0.1, 0.15) is 11.2 Å². The average molecular weight is 714 g/mol. The van der Waals surface area contributed by atoms with Crippen LogP contribution in [0.4, 0.5) is 17.1 Å². The smallest absolute Gasteiger partial charge is 0.143 e. The second kappa shape index (κ2) is 13.2. The SMILES string of the molecule is c1ccc(N(c2ccc(-c3ccc(-c4cccc5ccccc45)cc3)cc2)c2ccc3ccccc3c2)c(-c2ccc3oc4c5ccccc5ccc4c3c2)c1. The monoisotopic (exact) mass is 713 g/mol. The number of benzene rings is 10. The van der Waals surface area contributed by atoms with E-state index in [-0.39, 0.29) is 0 Å². The van der Waals surface area contributed by atoms with E-state index in [2.05, 4.69) is 217 Å². The molecule has 0 unspecified atom stereocenters. The third-order valence-corrected chi connectivity index (χ3v) is 11.3. The predicted molar refractivity (Wildman–Crippen MR) is 237 cm³/mol. The molecule has 0 atom stereocenters. The van der Waals surface area contributed by atoms with Crippen molar-refractivity contribution in [1.29, 1.82) is 0 Å². The minimum Gasteiger partial charge on any atom is -0.455 e. The van der Waals surface area contributed by atoms with Gasteiger partial charge in [0.15, 0.2) is 0 Å². The molecule has 0 amide bonds. The first-order valence-electron chi connectivity index (χ1n) is 19.2. The van der Waals surface area contributed by atoms with Gasteiger partial charge in [-0.05, 0) is 103 Å². The van der Waals surface area contributed by atoms with Gasteiger partial charge in [0.25, 0.3) is 0 Å². The van der Waals surface area contributed by atoms with Crippen LogP contribution in [-0.4, -0.2) is 0 Å². The Labute approximate surface area is 325 Å². The Morgan fingerprint density at radius 2 is 0.875 bits per heavy atom. The van der Waals surface area contributed by atoms with Crippen molar-refractivity contribution in [2.24, 2.45) is 0 Å². The molecule has 0 spiro atoms. The topological polar surface area (TPSA) is 16.4 Å². The van der Waals surface area contributed by atoms with Gasteiger partial charge in [0, 0.05) is 33.1 Å². The third-order valence-electron chi connectivity index (χ3n) is 11.3. The summed E-state index contributed by atoms with van der Waals surface area (Å²) in [6.07, 6.45) is 0. The van der Waals surface area contributed by atoms with E-state index in [4.69, 9.17) is 4.42 Å². The molecule has 11 rings (SSSR count). The Balaban J connectivity index is 1.01. The number of rotatable bonds is 6. The zero-order chi connectivity index (χ0) is 37.0. The maximum atomic E-state index is 6.50. The maximum Gasteiger partial charge on any atom is 0.143 e. The summed E-state index contributed by atoms with van der Waals surface area (Å²) in [6, 6.07) is 76.5. The van der Waals surface area contributed by atoms with E-state index < -0.39 is 0 Å². The fourth-order valence-electron chi connectivity index (χ4n) is 8.45. The molecule has 0 saturated carbocycles. The van der Waals surface area contributed by atoms with Crippen LogP contribution in [-0.2, 0) is 0 Å². The van der Waals surface area contributed by atoms with Crippen LogP contribution in [0.5, 0.6) is 0 Å². The lowest BCUT2D eigenvalue weighted by Gasteiger charge is -2.28. The van der Waals surface area contributed by atoms with E-state index in [9.17, 15) is 0 Å². The molecule has 0 bridgehead atoms. The van der Waals surface area contributed by atoms with Gasteiger partial charge < -0.3 is 9.32 Å². The van der Waals surface area contributed by atoms with E-state index in [1.54, 1.807) is 0 Å². The molecule has 10 aromatic carbocycles. The van der Waals surface area contributed by atoms with Gasteiger partial charge in [-0.25, -0.2) is 0 Å². The summed E-state index contributed by atoms with van der Waals surface area (Å²) in [5.41, 5.74) is 12.2. The summed E-state index contributed by atoms with van der Waals surface area (Å²) >= 11 is 0. The minimum absolute atomic E-state index is 0.893. The highest BCUT2D eigenvalue weighted by Crippen LogP contribution is 2.44. The maximum absolute atomic E-state index is 6.50. The zero-order valence-corrected chi connectivity index (χ0v) is 30.6. The molecule has 0 radical (unpaired) electrons. The normalized spacial score (nSPS) is 11.6. The largest absolute Gasteiger partial charge is 0.455 e. The third kappa shape index (κ3) is 5.42. The van der Waals surface area contributed by atoms with Crippen molar-refractivity contribution in [3.8, 4) is 33.4 Å². The van der Waals surface area contributed by atoms with Crippen LogP contribution in [0, 0.1) is 0 Å². The molecule has 56 heavy (non-hydrogen) atoms. The standard InChI is InChI=1S/C54H35NO/c1-2-13-42-34-45(31-26-36(42)10-1)55(44-29-24-38(25-30-44)37-20-22-41(23-21-37)47-18-9-14-39-11-3-5-15-46(39)47)52-19-8-7-16-48(52)43-28-33-53-51(35-43)50-32-27-40-12-4-6-17-49(40)54(50)56-53/h1-35H. The Morgan fingerprint density at radius 1 is 0.304 bits per heavy atom. The van der Waals surface area contributed by atoms with Crippen LogP contribution in [0.2, 0.25) is 0 Å². The lowest BCUT2D eigenvalue weighted by molar-refractivity contribution is 0.672. The molecular weight excluding hydrogens is 679 g/mol. The Kier molecular flexibility index (Phi) is 7.53. The number of hydrogen-bond acceptors (Lipinski definition) is 2. The number of fused-ring (bicyclic) bond motifs is 7. The molecule has 0 saturated heterocycles. The molecule has 0 fully saturated rings. The molecule has 11 aromatic rings. The summed E-state index contributed by atoms with van der Waals surface area (Å²) in [4.78, 5) is 2.39. The van der Waals surface area contributed by atoms with Crippen molar-refractivity contribution in [2.45, 2.75) is 0 Å². The van der Waals surface area contributed by atoms with Crippen molar-refractivity contribution in [1.82, 2.24) is 0 Å². The van der Waals surface area contributed by atoms with Crippen LogP contribution in [0.1, 0.15) is 0 Å². The van der Waals surface area contributed by atoms with Gasteiger partial charge in [-0.2, -0.15) is 0 Å². The molecule has 2 heteroatoms. The molecule has 1 aromatic heterocycles. The summed E-state index contributed by atoms with van der Waals surface area (Å²) in [5, 5.41) is 9.51. The van der Waals surface area contributed by atoms with E-state index in [1.165, 1.54) is 49.2 Å². The molecule has 2 nitrogen and oxygen atoms in total. The molecule has 0 N–H and O–H groups in total. The van der Waals surface area contributed by atoms with E-state index in [0.717, 1.165) is 55.5 Å². The summed E-state index contributed by atoms with van der Waals surface area (Å²) in [5.74, 6) is 0. The van der Waals surface area contributed by atoms with Crippen LogP contribution in [0.3, 0.4) is 0 Å². The van der Waals surface area contributed by atoms with Gasteiger partial charge in [-0.3, -0.25) is 0 Å². The quantitative estimate of drug-likeness (QED) is 0.171. The molecule has 0 aliphatic heterocycles. The number of hydrogen-bond donors (Lipinski definition) is 0. The number of para-hydroxylation sites is 1. The van der Waals surface area contributed by atoms with Crippen LogP contribution >= 0.6 is 0 Å². The number of nitrogens with zero attached hydrogens (tertiary/aromatic N) is 1. The average Bonchev–Trinajstić information content (AvgIpc) is 3.65. The van der Waals surface area contributed by atoms with E-state index in [1.807, 2.05) is 0 Å². The Bertz CT molecular complexity index is 3240. The molecule has 262 valence electrons. The Morgan fingerprint density at radius 3 is 1.70 bits per heavy atom. The minimum atomic E-state index is 0.893. The number of furan rings is 1. The molecule has 0 aliphatic rings. The van der Waals surface area contributed by atoms with Crippen molar-refractivity contribution >= 4 is 71.3 Å². The highest BCUT2D eigenvalue weighted by Gasteiger charge is 2.19. The van der Waals surface area contributed by atoms with Gasteiger partial charge in [-0.1, -0.05) is 164 Å². The summed E-state index contributed by atoms with van der Waals surface area (Å²) in [6.45, 7) is 0. The summed E-state index contributed by atoms with van der Waals surface area (Å²) in [7, 11) is 0. The van der Waals surface area contributed by atoms with Gasteiger partial charge in [0.05, 0.1) is 5.69 Å². The highest BCUT2D eigenvalue weighted by molar-refractivity contribution is 6.15. The molecular formula is C54H35NO. The van der Waals surface area contributed by atoms with Crippen LogP contribution in [0.25, 0.3) is 87.6 Å². The van der Waals surface area contributed by atoms with Crippen LogP contribution in [0.15, 0.2) is 217 Å². The lowest BCUT2D eigenvalue weighted by atomic mass is 9.96. The van der Waals surface area contributed by atoms with E-state index >= 15 is 0 Å². The first-order valence-corrected chi connectivity index (χ1v) is 19.2. The van der Waals surface area contributed by atoms with Crippen molar-refractivity contribution in [3.05, 3.63) is 212 Å². The first kappa shape index (κ1) is 32.0. The Hall–Kier alpha value is -7.42. The van der Waals surface area contributed by atoms with E-state index in [0.29, 0.717) is 0 Å². The molecule has 1 heterocycles. The fourth-order valence-corrected chi connectivity index (χ4v) is 8.45. The van der Waals surface area contributed by atoms with Crippen LogP contribution < -0.4 is 4.90 Å². The second-order valence-electron chi connectivity index (χ2n) is 14.5. The lowest BCUT2D eigenvalue weighted by Crippen LogP contribution is -2.11. The van der Waals surface area contributed by atoms with Crippen molar-refractivity contribution in [3.63, 3.8) is 0 Å². The highest BCUT2D eigenvalue weighted by atomic mass is 16.3. The zero-order valence-electron chi connectivity index (χ0n) is 30.6. The summed E-state index contributed by atoms with van der Waals surface area (Å²) < 4.78 is 6.50. The van der Waals surface area contributed by atoms with Gasteiger partial charge in [0.2, 0.25) is 0 Å². The number of anilines is 3. The fraction of sp³-hybridized carbons (Fsp3) is 0.